The Morgan fingerprint density at radius 1 is 1.33 bits per heavy atom. The molecule has 0 saturated carbocycles. The molecule has 0 radical (unpaired) electrons. The summed E-state index contributed by atoms with van der Waals surface area (Å²) in [6.45, 7) is 0.546. The molecule has 2 aromatic rings. The highest BCUT2D eigenvalue weighted by molar-refractivity contribution is 9.10. The SMILES string of the molecule is Nc1[nH]ncc1CNc1ncc(Br)cn1. The summed E-state index contributed by atoms with van der Waals surface area (Å²) < 4.78 is 0.843. The van der Waals surface area contributed by atoms with Gasteiger partial charge in [-0.15, -0.1) is 0 Å². The van der Waals surface area contributed by atoms with E-state index in [-0.39, 0.29) is 0 Å². The van der Waals surface area contributed by atoms with Crippen LogP contribution in [0.1, 0.15) is 5.56 Å². The minimum atomic E-state index is 0.546. The van der Waals surface area contributed by atoms with Crippen LogP contribution >= 0.6 is 15.9 Å². The number of anilines is 2. The van der Waals surface area contributed by atoms with Crippen molar-refractivity contribution in [2.45, 2.75) is 6.54 Å². The van der Waals surface area contributed by atoms with Crippen LogP contribution < -0.4 is 11.1 Å². The van der Waals surface area contributed by atoms with Crippen LogP contribution in [0.25, 0.3) is 0 Å². The van der Waals surface area contributed by atoms with Gasteiger partial charge in [0.05, 0.1) is 10.7 Å². The van der Waals surface area contributed by atoms with Crippen LogP contribution in [0.15, 0.2) is 23.1 Å². The second kappa shape index (κ2) is 4.26. The Kier molecular flexibility index (Phi) is 2.82. The first-order valence-electron chi connectivity index (χ1n) is 4.25. The van der Waals surface area contributed by atoms with Gasteiger partial charge in [0.15, 0.2) is 0 Å². The summed E-state index contributed by atoms with van der Waals surface area (Å²) in [5.74, 6) is 1.11. The van der Waals surface area contributed by atoms with Crippen molar-refractivity contribution in [2.75, 3.05) is 11.1 Å². The molecule has 0 amide bonds. The largest absolute Gasteiger partial charge is 0.384 e. The van der Waals surface area contributed by atoms with Crippen LogP contribution in [0.5, 0.6) is 0 Å². The number of nitrogen functional groups attached to an aromatic ring is 1. The molecule has 15 heavy (non-hydrogen) atoms. The van der Waals surface area contributed by atoms with Crippen molar-refractivity contribution in [3.05, 3.63) is 28.6 Å². The molecule has 78 valence electrons. The Hall–Kier alpha value is -1.63. The third-order valence-corrected chi connectivity index (χ3v) is 2.22. The summed E-state index contributed by atoms with van der Waals surface area (Å²) in [5.41, 5.74) is 6.51. The molecule has 6 nitrogen and oxygen atoms in total. The summed E-state index contributed by atoms with van der Waals surface area (Å²) in [7, 11) is 0. The van der Waals surface area contributed by atoms with Gasteiger partial charge in [-0.25, -0.2) is 9.97 Å². The van der Waals surface area contributed by atoms with E-state index < -0.39 is 0 Å². The van der Waals surface area contributed by atoms with Crippen LogP contribution in [0.4, 0.5) is 11.8 Å². The normalized spacial score (nSPS) is 10.2. The van der Waals surface area contributed by atoms with Crippen LogP contribution in [0, 0.1) is 0 Å². The molecule has 0 aliphatic rings. The number of hydrogen-bond donors (Lipinski definition) is 3. The molecule has 0 aromatic carbocycles. The minimum absolute atomic E-state index is 0.546. The third kappa shape index (κ3) is 2.44. The molecule has 0 saturated heterocycles. The van der Waals surface area contributed by atoms with Crippen molar-refractivity contribution in [3.63, 3.8) is 0 Å². The number of H-pyrrole nitrogens is 1. The van der Waals surface area contributed by atoms with E-state index in [0.29, 0.717) is 18.3 Å². The van der Waals surface area contributed by atoms with Gasteiger partial charge in [0.2, 0.25) is 5.95 Å². The highest BCUT2D eigenvalue weighted by atomic mass is 79.9. The number of halogens is 1. The van der Waals surface area contributed by atoms with Gasteiger partial charge in [0.1, 0.15) is 5.82 Å². The van der Waals surface area contributed by atoms with Crippen molar-refractivity contribution < 1.29 is 0 Å². The Labute approximate surface area is 94.4 Å². The van der Waals surface area contributed by atoms with Crippen LogP contribution in [-0.4, -0.2) is 20.2 Å². The van der Waals surface area contributed by atoms with Gasteiger partial charge in [-0.05, 0) is 15.9 Å². The van der Waals surface area contributed by atoms with Crippen molar-refractivity contribution in [1.29, 1.82) is 0 Å². The molecule has 0 aliphatic heterocycles. The van der Waals surface area contributed by atoms with Gasteiger partial charge in [0, 0.05) is 24.5 Å². The lowest BCUT2D eigenvalue weighted by molar-refractivity contribution is 1.05. The molecule has 7 heteroatoms. The van der Waals surface area contributed by atoms with Gasteiger partial charge in [-0.2, -0.15) is 5.10 Å². The highest BCUT2D eigenvalue weighted by Gasteiger charge is 2.01. The van der Waals surface area contributed by atoms with Gasteiger partial charge in [-0.1, -0.05) is 0 Å². The lowest BCUT2D eigenvalue weighted by Crippen LogP contribution is -2.04. The molecule has 0 unspecified atom stereocenters. The quantitative estimate of drug-likeness (QED) is 0.777. The average molecular weight is 269 g/mol. The average Bonchev–Trinajstić information content (AvgIpc) is 2.63. The first-order valence-corrected chi connectivity index (χ1v) is 5.04. The molecule has 0 spiro atoms. The second-order valence-corrected chi connectivity index (χ2v) is 3.80. The molecule has 0 atom stereocenters. The van der Waals surface area contributed by atoms with E-state index in [1.807, 2.05) is 0 Å². The van der Waals surface area contributed by atoms with Gasteiger partial charge in [-0.3, -0.25) is 5.10 Å². The zero-order valence-electron chi connectivity index (χ0n) is 7.74. The molecule has 0 fully saturated rings. The van der Waals surface area contributed by atoms with Crippen LogP contribution in [0.3, 0.4) is 0 Å². The molecule has 0 aliphatic carbocycles. The van der Waals surface area contributed by atoms with Gasteiger partial charge in [0.25, 0.3) is 0 Å². The van der Waals surface area contributed by atoms with Crippen LogP contribution in [-0.2, 0) is 6.54 Å². The van der Waals surface area contributed by atoms with Crippen molar-refractivity contribution in [2.24, 2.45) is 0 Å². The Morgan fingerprint density at radius 2 is 2.07 bits per heavy atom. The van der Waals surface area contributed by atoms with Crippen molar-refractivity contribution in [1.82, 2.24) is 20.2 Å². The van der Waals surface area contributed by atoms with Gasteiger partial charge >= 0.3 is 0 Å². The lowest BCUT2D eigenvalue weighted by Gasteiger charge is -2.02. The molecule has 2 aromatic heterocycles. The second-order valence-electron chi connectivity index (χ2n) is 2.89. The molecule has 2 rings (SSSR count). The lowest BCUT2D eigenvalue weighted by atomic mass is 10.3. The number of aromatic nitrogens is 4. The fourth-order valence-electron chi connectivity index (χ4n) is 1.04. The van der Waals surface area contributed by atoms with E-state index in [1.54, 1.807) is 18.6 Å². The number of nitrogens with zero attached hydrogens (tertiary/aromatic N) is 3. The predicted molar refractivity (Wildman–Crippen MR) is 60.1 cm³/mol. The van der Waals surface area contributed by atoms with E-state index in [1.165, 1.54) is 0 Å². The number of nitrogens with two attached hydrogens (primary N) is 1. The molecule has 2 heterocycles. The zero-order chi connectivity index (χ0) is 10.7. The molecular formula is C8H9BrN6. The maximum absolute atomic E-state index is 5.62. The van der Waals surface area contributed by atoms with Gasteiger partial charge < -0.3 is 11.1 Å². The Bertz CT molecular complexity index is 437. The Balaban J connectivity index is 1.99. The third-order valence-electron chi connectivity index (χ3n) is 1.81. The Morgan fingerprint density at radius 3 is 2.67 bits per heavy atom. The number of hydrogen-bond acceptors (Lipinski definition) is 5. The standard InChI is InChI=1S/C8H9BrN6/c9-6-3-12-8(13-4-6)11-1-5-2-14-15-7(5)10/h2-4H,1H2,(H3,10,14,15)(H,11,12,13). The van der Waals surface area contributed by atoms with E-state index in [2.05, 4.69) is 41.4 Å². The monoisotopic (exact) mass is 268 g/mol. The van der Waals surface area contributed by atoms with E-state index in [9.17, 15) is 0 Å². The summed E-state index contributed by atoms with van der Waals surface area (Å²) >= 11 is 3.26. The molecule has 4 N–H and O–H groups in total. The first-order chi connectivity index (χ1) is 7.25. The van der Waals surface area contributed by atoms with Crippen LogP contribution in [0.2, 0.25) is 0 Å². The summed E-state index contributed by atoms with van der Waals surface area (Å²) in [6.07, 6.45) is 5.02. The smallest absolute Gasteiger partial charge is 0.222 e. The fraction of sp³-hybridized carbons (Fsp3) is 0.125. The predicted octanol–water partition coefficient (Wildman–Crippen LogP) is 1.16. The maximum atomic E-state index is 5.62. The maximum Gasteiger partial charge on any atom is 0.222 e. The molecule has 0 bridgehead atoms. The zero-order valence-corrected chi connectivity index (χ0v) is 9.32. The highest BCUT2D eigenvalue weighted by Crippen LogP contribution is 2.10. The van der Waals surface area contributed by atoms with E-state index >= 15 is 0 Å². The van der Waals surface area contributed by atoms with E-state index in [4.69, 9.17) is 5.73 Å². The summed E-state index contributed by atoms with van der Waals surface area (Å²) in [4.78, 5) is 8.13. The topological polar surface area (TPSA) is 92.5 Å². The number of aromatic amines is 1. The summed E-state index contributed by atoms with van der Waals surface area (Å²) in [5, 5.41) is 9.50. The first kappa shape index (κ1) is 9.91. The fourth-order valence-corrected chi connectivity index (χ4v) is 1.24. The van der Waals surface area contributed by atoms with E-state index in [0.717, 1.165) is 10.0 Å². The number of nitrogens with one attached hydrogen (secondary N) is 2. The van der Waals surface area contributed by atoms with Crippen molar-refractivity contribution in [3.8, 4) is 0 Å². The summed E-state index contributed by atoms with van der Waals surface area (Å²) in [6, 6.07) is 0. The minimum Gasteiger partial charge on any atom is -0.384 e. The number of rotatable bonds is 3. The molecular weight excluding hydrogens is 260 g/mol. The van der Waals surface area contributed by atoms with Crippen molar-refractivity contribution >= 4 is 27.7 Å².